The maximum Gasteiger partial charge on any atom is 0.311 e. The van der Waals surface area contributed by atoms with E-state index in [1.807, 2.05) is 20.8 Å². The molecular weight excluding hydrogens is 204 g/mol. The van der Waals surface area contributed by atoms with Gasteiger partial charge in [-0.15, -0.1) is 0 Å². The molecule has 0 radical (unpaired) electrons. The molecule has 2 atom stereocenters. The number of aldehydes is 1. The van der Waals surface area contributed by atoms with Crippen LogP contribution in [0, 0.1) is 11.3 Å². The quantitative estimate of drug-likeness (QED) is 0.549. The first kappa shape index (κ1) is 13.2. The fourth-order valence-electron chi connectivity index (χ4n) is 2.04. The van der Waals surface area contributed by atoms with Gasteiger partial charge in [0.25, 0.3) is 0 Å². The van der Waals surface area contributed by atoms with Gasteiger partial charge in [0.2, 0.25) is 0 Å². The third-order valence-corrected chi connectivity index (χ3v) is 3.11. The standard InChI is InChI=1S/C13H22O3/c1-13(2,3)12(15)16-11-7-5-4-6-10(11)8-9-14/h9-11H,4-8H2,1-3H3/t10-,11+/m1/s1. The number of ether oxygens (including phenoxy) is 1. The van der Waals surface area contributed by atoms with Gasteiger partial charge >= 0.3 is 5.97 Å². The minimum absolute atomic E-state index is 0.0503. The molecule has 3 nitrogen and oxygen atoms in total. The van der Waals surface area contributed by atoms with E-state index in [4.69, 9.17) is 4.74 Å². The fourth-order valence-corrected chi connectivity index (χ4v) is 2.04. The lowest BCUT2D eigenvalue weighted by Crippen LogP contribution is -2.34. The molecule has 0 aromatic carbocycles. The van der Waals surface area contributed by atoms with Crippen molar-refractivity contribution < 1.29 is 14.3 Å². The molecule has 0 aromatic heterocycles. The first-order valence-electron chi connectivity index (χ1n) is 6.10. The Morgan fingerprint density at radius 3 is 2.50 bits per heavy atom. The third-order valence-electron chi connectivity index (χ3n) is 3.11. The molecule has 1 fully saturated rings. The van der Waals surface area contributed by atoms with Gasteiger partial charge in [-0.2, -0.15) is 0 Å². The van der Waals surface area contributed by atoms with Crippen molar-refractivity contribution in [1.29, 1.82) is 0 Å². The van der Waals surface area contributed by atoms with Crippen LogP contribution in [-0.2, 0) is 14.3 Å². The maximum atomic E-state index is 11.8. The summed E-state index contributed by atoms with van der Waals surface area (Å²) < 4.78 is 5.52. The molecule has 0 aromatic rings. The smallest absolute Gasteiger partial charge is 0.311 e. The highest BCUT2D eigenvalue weighted by molar-refractivity contribution is 5.75. The molecule has 0 unspecified atom stereocenters. The van der Waals surface area contributed by atoms with Crippen LogP contribution in [0.3, 0.4) is 0 Å². The second-order valence-corrected chi connectivity index (χ2v) is 5.64. The monoisotopic (exact) mass is 226 g/mol. The molecule has 92 valence electrons. The topological polar surface area (TPSA) is 43.4 Å². The highest BCUT2D eigenvalue weighted by Crippen LogP contribution is 2.30. The molecule has 0 spiro atoms. The van der Waals surface area contributed by atoms with Gasteiger partial charge < -0.3 is 9.53 Å². The number of hydrogen-bond donors (Lipinski definition) is 0. The Hall–Kier alpha value is -0.860. The van der Waals surface area contributed by atoms with Crippen LogP contribution in [-0.4, -0.2) is 18.4 Å². The Morgan fingerprint density at radius 2 is 1.94 bits per heavy atom. The molecule has 0 saturated heterocycles. The SMILES string of the molecule is CC(C)(C)C(=O)O[C@H]1CCCC[C@@H]1CC=O. The minimum atomic E-state index is -0.455. The van der Waals surface area contributed by atoms with Gasteiger partial charge in [0.15, 0.2) is 0 Å². The first-order valence-corrected chi connectivity index (χ1v) is 6.10. The zero-order valence-corrected chi connectivity index (χ0v) is 10.5. The predicted molar refractivity (Wildman–Crippen MR) is 62.0 cm³/mol. The van der Waals surface area contributed by atoms with Gasteiger partial charge in [-0.3, -0.25) is 4.79 Å². The van der Waals surface area contributed by atoms with E-state index >= 15 is 0 Å². The third kappa shape index (κ3) is 3.62. The molecule has 0 amide bonds. The van der Waals surface area contributed by atoms with Gasteiger partial charge in [-0.05, 0) is 40.0 Å². The highest BCUT2D eigenvalue weighted by Gasteiger charge is 2.31. The largest absolute Gasteiger partial charge is 0.462 e. The van der Waals surface area contributed by atoms with Gasteiger partial charge in [0.05, 0.1) is 5.41 Å². The van der Waals surface area contributed by atoms with E-state index in [1.165, 1.54) is 0 Å². The van der Waals surface area contributed by atoms with Crippen molar-refractivity contribution in [3.63, 3.8) is 0 Å². The van der Waals surface area contributed by atoms with Crippen molar-refractivity contribution in [3.05, 3.63) is 0 Å². The lowest BCUT2D eigenvalue weighted by molar-refractivity contribution is -0.163. The zero-order chi connectivity index (χ0) is 12.2. The second-order valence-electron chi connectivity index (χ2n) is 5.64. The number of rotatable bonds is 3. The van der Waals surface area contributed by atoms with E-state index in [1.54, 1.807) is 0 Å². The van der Waals surface area contributed by atoms with Gasteiger partial charge in [-0.1, -0.05) is 6.42 Å². The Kier molecular flexibility index (Phi) is 4.51. The van der Waals surface area contributed by atoms with E-state index in [2.05, 4.69) is 0 Å². The average Bonchev–Trinajstić information content (AvgIpc) is 2.20. The van der Waals surface area contributed by atoms with Crippen molar-refractivity contribution in [3.8, 4) is 0 Å². The highest BCUT2D eigenvalue weighted by atomic mass is 16.5. The van der Waals surface area contributed by atoms with Crippen molar-refractivity contribution in [2.24, 2.45) is 11.3 Å². The maximum absolute atomic E-state index is 11.8. The lowest BCUT2D eigenvalue weighted by atomic mass is 9.84. The van der Waals surface area contributed by atoms with Crippen molar-refractivity contribution in [2.45, 2.75) is 59.0 Å². The molecule has 16 heavy (non-hydrogen) atoms. The molecule has 1 saturated carbocycles. The molecule has 3 heteroatoms. The molecule has 1 aliphatic rings. The van der Waals surface area contributed by atoms with E-state index < -0.39 is 5.41 Å². The Morgan fingerprint density at radius 1 is 1.31 bits per heavy atom. The summed E-state index contributed by atoms with van der Waals surface area (Å²) in [5.74, 6) is 0.0767. The van der Waals surface area contributed by atoms with Crippen molar-refractivity contribution >= 4 is 12.3 Å². The summed E-state index contributed by atoms with van der Waals surface area (Å²) in [5, 5.41) is 0. The van der Waals surface area contributed by atoms with Crippen LogP contribution in [0.1, 0.15) is 52.9 Å². The van der Waals surface area contributed by atoms with E-state index in [-0.39, 0.29) is 18.0 Å². The summed E-state index contributed by atoms with van der Waals surface area (Å²) in [4.78, 5) is 22.3. The Labute approximate surface area is 97.5 Å². The fraction of sp³-hybridized carbons (Fsp3) is 0.846. The molecule has 0 aliphatic heterocycles. The van der Waals surface area contributed by atoms with Crippen LogP contribution in [0.2, 0.25) is 0 Å². The number of esters is 1. The van der Waals surface area contributed by atoms with Gasteiger partial charge in [0, 0.05) is 12.3 Å². The summed E-state index contributed by atoms with van der Waals surface area (Å²) in [7, 11) is 0. The number of hydrogen-bond acceptors (Lipinski definition) is 3. The molecular formula is C13H22O3. The summed E-state index contributed by atoms with van der Waals surface area (Å²) in [5.41, 5.74) is -0.455. The zero-order valence-electron chi connectivity index (χ0n) is 10.5. The molecule has 0 heterocycles. The second kappa shape index (κ2) is 5.46. The first-order chi connectivity index (χ1) is 7.45. The Bertz CT molecular complexity index is 252. The van der Waals surface area contributed by atoms with Gasteiger partial charge in [-0.25, -0.2) is 0 Å². The lowest BCUT2D eigenvalue weighted by Gasteiger charge is -2.32. The van der Waals surface area contributed by atoms with E-state index in [9.17, 15) is 9.59 Å². The minimum Gasteiger partial charge on any atom is -0.462 e. The Balaban J connectivity index is 2.55. The van der Waals surface area contributed by atoms with Crippen molar-refractivity contribution in [2.75, 3.05) is 0 Å². The van der Waals surface area contributed by atoms with E-state index in [0.29, 0.717) is 6.42 Å². The number of carbonyl (C=O) groups is 2. The predicted octanol–water partition coefficient (Wildman–Crippen LogP) is 2.72. The average molecular weight is 226 g/mol. The van der Waals surface area contributed by atoms with Crippen LogP contribution in [0.15, 0.2) is 0 Å². The van der Waals surface area contributed by atoms with E-state index in [0.717, 1.165) is 32.0 Å². The normalized spacial score (nSPS) is 26.2. The number of carbonyl (C=O) groups excluding carboxylic acids is 2. The summed E-state index contributed by atoms with van der Waals surface area (Å²) in [6, 6.07) is 0. The van der Waals surface area contributed by atoms with Crippen molar-refractivity contribution in [1.82, 2.24) is 0 Å². The molecule has 1 aliphatic carbocycles. The molecule has 1 rings (SSSR count). The molecule has 0 N–H and O–H groups in total. The van der Waals surface area contributed by atoms with Crippen LogP contribution in [0.25, 0.3) is 0 Å². The van der Waals surface area contributed by atoms with Crippen LogP contribution >= 0.6 is 0 Å². The molecule has 0 bridgehead atoms. The summed E-state index contributed by atoms with van der Waals surface area (Å²) >= 11 is 0. The van der Waals surface area contributed by atoms with Crippen LogP contribution in [0.5, 0.6) is 0 Å². The summed E-state index contributed by atoms with van der Waals surface area (Å²) in [6.07, 6.45) is 5.54. The van der Waals surface area contributed by atoms with Crippen LogP contribution in [0.4, 0.5) is 0 Å². The van der Waals surface area contributed by atoms with Crippen LogP contribution < -0.4 is 0 Å². The summed E-state index contributed by atoms with van der Waals surface area (Å²) in [6.45, 7) is 5.56. The van der Waals surface area contributed by atoms with Gasteiger partial charge in [0.1, 0.15) is 12.4 Å².